The van der Waals surface area contributed by atoms with E-state index in [1.54, 1.807) is 0 Å². The normalized spacial score (nSPS) is 10.3. The predicted molar refractivity (Wildman–Crippen MR) is 75.2 cm³/mol. The van der Waals surface area contributed by atoms with Crippen LogP contribution in [0.4, 0.5) is 0 Å². The van der Waals surface area contributed by atoms with Gasteiger partial charge in [0.1, 0.15) is 0 Å². The largest absolute Gasteiger partial charge is 0.352 e. The first-order valence-electron chi connectivity index (χ1n) is 6.74. The molecular formula is C15H24N2O. The molecule has 18 heavy (non-hydrogen) atoms. The maximum atomic E-state index is 11.6. The van der Waals surface area contributed by atoms with Crippen molar-refractivity contribution in [3.05, 3.63) is 35.4 Å². The molecule has 3 N–H and O–H groups in total. The summed E-state index contributed by atoms with van der Waals surface area (Å²) < 4.78 is 0. The van der Waals surface area contributed by atoms with Crippen LogP contribution < -0.4 is 11.1 Å². The number of benzene rings is 1. The van der Waals surface area contributed by atoms with Gasteiger partial charge >= 0.3 is 0 Å². The summed E-state index contributed by atoms with van der Waals surface area (Å²) in [5.74, 6) is 0.142. The third kappa shape index (κ3) is 6.40. The lowest BCUT2D eigenvalue weighted by molar-refractivity contribution is -0.121. The molecule has 0 heterocycles. The van der Waals surface area contributed by atoms with Crippen molar-refractivity contribution < 1.29 is 4.79 Å². The third-order valence-electron chi connectivity index (χ3n) is 2.97. The van der Waals surface area contributed by atoms with Gasteiger partial charge in [-0.25, -0.2) is 0 Å². The Morgan fingerprint density at radius 3 is 2.44 bits per heavy atom. The summed E-state index contributed by atoms with van der Waals surface area (Å²) in [6.45, 7) is 3.44. The summed E-state index contributed by atoms with van der Waals surface area (Å²) in [6, 6.07) is 8.23. The summed E-state index contributed by atoms with van der Waals surface area (Å²) in [5.41, 5.74) is 7.80. The van der Waals surface area contributed by atoms with Crippen LogP contribution in [0.2, 0.25) is 0 Å². The van der Waals surface area contributed by atoms with Gasteiger partial charge in [0.15, 0.2) is 0 Å². The molecule has 1 aromatic rings. The van der Waals surface area contributed by atoms with Crippen molar-refractivity contribution in [1.29, 1.82) is 0 Å². The summed E-state index contributed by atoms with van der Waals surface area (Å²) in [5, 5.41) is 2.95. The molecule has 1 aromatic carbocycles. The molecule has 0 aliphatic rings. The molecule has 0 spiro atoms. The Labute approximate surface area is 110 Å². The maximum Gasteiger partial charge on any atom is 0.220 e. The molecule has 0 atom stereocenters. The average molecular weight is 248 g/mol. The topological polar surface area (TPSA) is 55.1 Å². The molecule has 0 radical (unpaired) electrons. The molecule has 0 aliphatic heterocycles. The van der Waals surface area contributed by atoms with Crippen molar-refractivity contribution in [2.45, 2.75) is 45.6 Å². The molecule has 1 amide bonds. The number of carbonyl (C=O) groups is 1. The first kappa shape index (κ1) is 14.7. The summed E-state index contributed by atoms with van der Waals surface area (Å²) in [6.07, 6.45) is 4.86. The van der Waals surface area contributed by atoms with Crippen LogP contribution in [-0.4, -0.2) is 12.5 Å². The zero-order chi connectivity index (χ0) is 13.2. The number of nitrogens with one attached hydrogen (secondary N) is 1. The fraction of sp³-hybridized carbons (Fsp3) is 0.533. The van der Waals surface area contributed by atoms with E-state index in [0.717, 1.165) is 37.8 Å². The SMILES string of the molecule is Cc1ccc(CNC(=O)CCCCCCN)cc1. The average Bonchev–Trinajstić information content (AvgIpc) is 2.38. The molecule has 3 nitrogen and oxygen atoms in total. The molecule has 0 bridgehead atoms. The van der Waals surface area contributed by atoms with E-state index < -0.39 is 0 Å². The Morgan fingerprint density at radius 2 is 1.78 bits per heavy atom. The number of amides is 1. The minimum Gasteiger partial charge on any atom is -0.352 e. The monoisotopic (exact) mass is 248 g/mol. The number of rotatable bonds is 8. The minimum atomic E-state index is 0.142. The highest BCUT2D eigenvalue weighted by Crippen LogP contribution is 2.04. The summed E-state index contributed by atoms with van der Waals surface area (Å²) in [4.78, 5) is 11.6. The lowest BCUT2D eigenvalue weighted by Gasteiger charge is -2.05. The molecular weight excluding hydrogens is 224 g/mol. The Kier molecular flexibility index (Phi) is 7.11. The maximum absolute atomic E-state index is 11.6. The lowest BCUT2D eigenvalue weighted by Crippen LogP contribution is -2.22. The molecule has 3 heteroatoms. The fourth-order valence-corrected chi connectivity index (χ4v) is 1.78. The molecule has 1 rings (SSSR count). The predicted octanol–water partition coefficient (Wildman–Crippen LogP) is 2.52. The first-order valence-corrected chi connectivity index (χ1v) is 6.74. The highest BCUT2D eigenvalue weighted by molar-refractivity contribution is 5.75. The van der Waals surface area contributed by atoms with Gasteiger partial charge in [-0.15, -0.1) is 0 Å². The van der Waals surface area contributed by atoms with Crippen molar-refractivity contribution in [1.82, 2.24) is 5.32 Å². The smallest absolute Gasteiger partial charge is 0.220 e. The quantitative estimate of drug-likeness (QED) is 0.695. The molecule has 0 aromatic heterocycles. The number of hydrogen-bond donors (Lipinski definition) is 2. The van der Waals surface area contributed by atoms with E-state index in [4.69, 9.17) is 5.73 Å². The number of unbranched alkanes of at least 4 members (excludes halogenated alkanes) is 3. The molecule has 0 aliphatic carbocycles. The number of hydrogen-bond acceptors (Lipinski definition) is 2. The Balaban J connectivity index is 2.11. The summed E-state index contributed by atoms with van der Waals surface area (Å²) >= 11 is 0. The van der Waals surface area contributed by atoms with Crippen LogP contribution >= 0.6 is 0 Å². The van der Waals surface area contributed by atoms with Gasteiger partial charge in [0.25, 0.3) is 0 Å². The van der Waals surface area contributed by atoms with Crippen molar-refractivity contribution >= 4 is 5.91 Å². The second kappa shape index (κ2) is 8.70. The third-order valence-corrected chi connectivity index (χ3v) is 2.97. The van der Waals surface area contributed by atoms with Gasteiger partial charge in [0.05, 0.1) is 0 Å². The lowest BCUT2D eigenvalue weighted by atomic mass is 10.1. The summed E-state index contributed by atoms with van der Waals surface area (Å²) in [7, 11) is 0. The van der Waals surface area contributed by atoms with E-state index in [1.807, 2.05) is 0 Å². The van der Waals surface area contributed by atoms with E-state index in [2.05, 4.69) is 36.5 Å². The van der Waals surface area contributed by atoms with Crippen molar-refractivity contribution in [2.75, 3.05) is 6.54 Å². The Bertz CT molecular complexity index is 346. The van der Waals surface area contributed by atoms with Crippen LogP contribution in [0.25, 0.3) is 0 Å². The van der Waals surface area contributed by atoms with Crippen LogP contribution in [-0.2, 0) is 11.3 Å². The highest BCUT2D eigenvalue weighted by atomic mass is 16.1. The van der Waals surface area contributed by atoms with E-state index >= 15 is 0 Å². The van der Waals surface area contributed by atoms with E-state index in [1.165, 1.54) is 5.56 Å². The van der Waals surface area contributed by atoms with Crippen LogP contribution in [0.5, 0.6) is 0 Å². The van der Waals surface area contributed by atoms with Gasteiger partial charge in [-0.3, -0.25) is 4.79 Å². The van der Waals surface area contributed by atoms with Gasteiger partial charge in [0.2, 0.25) is 5.91 Å². The fourth-order valence-electron chi connectivity index (χ4n) is 1.78. The van der Waals surface area contributed by atoms with Crippen LogP contribution in [0.3, 0.4) is 0 Å². The molecule has 100 valence electrons. The van der Waals surface area contributed by atoms with Crippen molar-refractivity contribution in [3.63, 3.8) is 0 Å². The second-order valence-corrected chi connectivity index (χ2v) is 4.72. The number of carbonyl (C=O) groups excluding carboxylic acids is 1. The van der Waals surface area contributed by atoms with E-state index in [9.17, 15) is 4.79 Å². The Hall–Kier alpha value is -1.35. The molecule has 0 saturated carbocycles. The van der Waals surface area contributed by atoms with Crippen LogP contribution in [0.1, 0.15) is 43.2 Å². The molecule has 0 fully saturated rings. The number of nitrogens with two attached hydrogens (primary N) is 1. The molecule has 0 saturated heterocycles. The van der Waals surface area contributed by atoms with Gasteiger partial charge in [-0.05, 0) is 31.9 Å². The van der Waals surface area contributed by atoms with Gasteiger partial charge in [-0.2, -0.15) is 0 Å². The van der Waals surface area contributed by atoms with Crippen LogP contribution in [0, 0.1) is 6.92 Å². The van der Waals surface area contributed by atoms with Crippen molar-refractivity contribution in [2.24, 2.45) is 5.73 Å². The minimum absolute atomic E-state index is 0.142. The van der Waals surface area contributed by atoms with Gasteiger partial charge in [-0.1, -0.05) is 42.7 Å². The van der Waals surface area contributed by atoms with Crippen LogP contribution in [0.15, 0.2) is 24.3 Å². The standard InChI is InChI=1S/C15H24N2O/c1-13-7-9-14(10-8-13)12-17-15(18)6-4-2-3-5-11-16/h7-10H,2-6,11-12,16H2,1H3,(H,17,18). The Morgan fingerprint density at radius 1 is 1.11 bits per heavy atom. The van der Waals surface area contributed by atoms with E-state index in [0.29, 0.717) is 13.0 Å². The zero-order valence-electron chi connectivity index (χ0n) is 11.2. The van der Waals surface area contributed by atoms with E-state index in [-0.39, 0.29) is 5.91 Å². The van der Waals surface area contributed by atoms with Gasteiger partial charge in [0, 0.05) is 13.0 Å². The van der Waals surface area contributed by atoms with Crippen molar-refractivity contribution in [3.8, 4) is 0 Å². The highest BCUT2D eigenvalue weighted by Gasteiger charge is 2.01. The molecule has 0 unspecified atom stereocenters. The first-order chi connectivity index (χ1) is 8.72. The number of aryl methyl sites for hydroxylation is 1. The van der Waals surface area contributed by atoms with Gasteiger partial charge < -0.3 is 11.1 Å². The second-order valence-electron chi connectivity index (χ2n) is 4.72. The zero-order valence-corrected chi connectivity index (χ0v) is 11.2.